The van der Waals surface area contributed by atoms with Gasteiger partial charge in [-0.15, -0.1) is 0 Å². The molecule has 1 amide bonds. The number of hydrogen-bond donors (Lipinski definition) is 0. The number of aromatic nitrogens is 4. The van der Waals surface area contributed by atoms with Crippen molar-refractivity contribution >= 4 is 16.9 Å². The topological polar surface area (TPSA) is 63.9 Å². The molecule has 0 N–H and O–H groups in total. The molecule has 1 atom stereocenters. The van der Waals surface area contributed by atoms with Crippen LogP contribution in [0.5, 0.6) is 0 Å². The molecule has 0 aliphatic rings. The number of amides is 1. The van der Waals surface area contributed by atoms with Crippen LogP contribution in [0.25, 0.3) is 11.0 Å². The molecule has 1 unspecified atom stereocenters. The Kier molecular flexibility index (Phi) is 5.31. The molecule has 0 bridgehead atoms. The Morgan fingerprint density at radius 1 is 1.07 bits per heavy atom. The molecule has 3 heterocycles. The third-order valence-electron chi connectivity index (χ3n) is 5.21. The highest BCUT2D eigenvalue weighted by atomic mass is 16.2. The van der Waals surface area contributed by atoms with Gasteiger partial charge in [0.1, 0.15) is 0 Å². The molecule has 0 spiro atoms. The van der Waals surface area contributed by atoms with Crippen molar-refractivity contribution in [2.24, 2.45) is 0 Å². The summed E-state index contributed by atoms with van der Waals surface area (Å²) in [5.41, 5.74) is 3.95. The first kappa shape index (κ1) is 19.8. The van der Waals surface area contributed by atoms with E-state index in [1.807, 2.05) is 73.3 Å². The summed E-state index contributed by atoms with van der Waals surface area (Å²) in [5, 5.41) is 5.23. The van der Waals surface area contributed by atoms with Gasteiger partial charge in [-0.25, -0.2) is 9.67 Å². The summed E-state index contributed by atoms with van der Waals surface area (Å²) < 4.78 is 1.85. The highest BCUT2D eigenvalue weighted by molar-refractivity contribution is 6.05. The van der Waals surface area contributed by atoms with Gasteiger partial charge in [-0.2, -0.15) is 5.10 Å². The third-order valence-corrected chi connectivity index (χ3v) is 5.21. The lowest BCUT2D eigenvalue weighted by Crippen LogP contribution is -2.32. The number of nitrogens with zero attached hydrogens (tertiary/aromatic N) is 5. The molecule has 6 heteroatoms. The van der Waals surface area contributed by atoms with Crippen LogP contribution in [-0.4, -0.2) is 37.6 Å². The molecule has 0 saturated heterocycles. The summed E-state index contributed by atoms with van der Waals surface area (Å²) in [7, 11) is 1.82. The van der Waals surface area contributed by atoms with Crippen LogP contribution < -0.4 is 0 Å². The van der Waals surface area contributed by atoms with Crippen molar-refractivity contribution in [1.29, 1.82) is 0 Å². The number of fused-ring (bicyclic) bond motifs is 1. The normalized spacial score (nSPS) is 12.3. The maximum Gasteiger partial charge on any atom is 0.255 e. The summed E-state index contributed by atoms with van der Waals surface area (Å²) in [6, 6.07) is 17.4. The number of carbonyl (C=O) groups is 1. The quantitative estimate of drug-likeness (QED) is 0.493. The Hall–Kier alpha value is -3.54. The van der Waals surface area contributed by atoms with E-state index in [-0.39, 0.29) is 18.0 Å². The number of carbonyl (C=O) groups excluding carboxylic acids is 1. The lowest BCUT2D eigenvalue weighted by atomic mass is 10.0. The first-order chi connectivity index (χ1) is 14.5. The van der Waals surface area contributed by atoms with Crippen molar-refractivity contribution in [3.8, 4) is 0 Å². The zero-order valence-electron chi connectivity index (χ0n) is 17.6. The largest absolute Gasteiger partial charge is 0.329 e. The summed E-state index contributed by atoms with van der Waals surface area (Å²) >= 11 is 0. The van der Waals surface area contributed by atoms with Gasteiger partial charge in [-0.05, 0) is 44.5 Å². The van der Waals surface area contributed by atoms with Gasteiger partial charge in [0.15, 0.2) is 5.65 Å². The zero-order valence-corrected chi connectivity index (χ0v) is 17.6. The second kappa shape index (κ2) is 8.06. The smallest absolute Gasteiger partial charge is 0.255 e. The van der Waals surface area contributed by atoms with Gasteiger partial charge in [0, 0.05) is 25.0 Å². The average Bonchev–Trinajstić information content (AvgIpc) is 3.18. The molecule has 4 aromatic rings. The second-order valence-electron chi connectivity index (χ2n) is 7.72. The third kappa shape index (κ3) is 3.56. The van der Waals surface area contributed by atoms with E-state index in [1.165, 1.54) is 0 Å². The van der Waals surface area contributed by atoms with E-state index in [4.69, 9.17) is 0 Å². The Balaban J connectivity index is 1.82. The number of aryl methyl sites for hydroxylation is 1. The minimum absolute atomic E-state index is 0.0895. The molecule has 0 saturated carbocycles. The van der Waals surface area contributed by atoms with E-state index in [0.29, 0.717) is 5.56 Å². The Morgan fingerprint density at radius 3 is 2.47 bits per heavy atom. The molecular weight excluding hydrogens is 374 g/mol. The summed E-state index contributed by atoms with van der Waals surface area (Å²) in [5.74, 6) is -0.0895. The van der Waals surface area contributed by atoms with Gasteiger partial charge in [0.2, 0.25) is 0 Å². The van der Waals surface area contributed by atoms with Crippen LogP contribution >= 0.6 is 0 Å². The van der Waals surface area contributed by atoms with Gasteiger partial charge in [-0.3, -0.25) is 9.78 Å². The van der Waals surface area contributed by atoms with E-state index in [1.54, 1.807) is 17.3 Å². The van der Waals surface area contributed by atoms with Crippen molar-refractivity contribution in [2.75, 3.05) is 7.05 Å². The molecule has 6 nitrogen and oxygen atoms in total. The molecule has 3 aromatic heterocycles. The predicted molar refractivity (Wildman–Crippen MR) is 117 cm³/mol. The molecule has 152 valence electrons. The highest BCUT2D eigenvalue weighted by Gasteiger charge is 2.27. The maximum atomic E-state index is 13.7. The summed E-state index contributed by atoms with van der Waals surface area (Å²) in [4.78, 5) is 24.6. The molecule has 30 heavy (non-hydrogen) atoms. The van der Waals surface area contributed by atoms with Crippen molar-refractivity contribution in [1.82, 2.24) is 24.6 Å². The SMILES string of the molecule is Cc1cc(C(=O)N(C)C(c2ccccc2)c2ccccn2)c2cnn(C(C)C)c2n1. The van der Waals surface area contributed by atoms with Crippen molar-refractivity contribution in [3.63, 3.8) is 0 Å². The van der Waals surface area contributed by atoms with Crippen LogP contribution in [0.1, 0.15) is 53.2 Å². The standard InChI is InChI=1S/C24H25N5O/c1-16(2)29-23-20(15-26-29)19(14-17(3)27-23)24(30)28(4)22(18-10-6-5-7-11-18)21-12-8-9-13-25-21/h5-16,22H,1-4H3. The first-order valence-corrected chi connectivity index (χ1v) is 10.0. The first-order valence-electron chi connectivity index (χ1n) is 10.0. The van der Waals surface area contributed by atoms with Crippen molar-refractivity contribution in [3.05, 3.63) is 89.5 Å². The van der Waals surface area contributed by atoms with Gasteiger partial charge >= 0.3 is 0 Å². The van der Waals surface area contributed by atoms with Crippen LogP contribution in [0.2, 0.25) is 0 Å². The van der Waals surface area contributed by atoms with Crippen LogP contribution in [0, 0.1) is 6.92 Å². The van der Waals surface area contributed by atoms with E-state index >= 15 is 0 Å². The fourth-order valence-corrected chi connectivity index (χ4v) is 3.77. The number of hydrogen-bond acceptors (Lipinski definition) is 4. The number of rotatable bonds is 5. The molecule has 0 aliphatic carbocycles. The predicted octanol–water partition coefficient (Wildman–Crippen LogP) is 4.58. The molecule has 4 rings (SSSR count). The van der Waals surface area contributed by atoms with Gasteiger partial charge in [0.05, 0.1) is 28.9 Å². The van der Waals surface area contributed by atoms with E-state index in [0.717, 1.165) is 28.0 Å². The fraction of sp³-hybridized carbons (Fsp3) is 0.250. The second-order valence-corrected chi connectivity index (χ2v) is 7.72. The Morgan fingerprint density at radius 2 is 1.80 bits per heavy atom. The summed E-state index contributed by atoms with van der Waals surface area (Å²) in [6.45, 7) is 6.01. The van der Waals surface area contributed by atoms with Gasteiger partial charge in [0.25, 0.3) is 5.91 Å². The van der Waals surface area contributed by atoms with Gasteiger partial charge < -0.3 is 4.90 Å². The fourth-order valence-electron chi connectivity index (χ4n) is 3.77. The maximum absolute atomic E-state index is 13.7. The number of pyridine rings is 2. The lowest BCUT2D eigenvalue weighted by molar-refractivity contribution is 0.0754. The van der Waals surface area contributed by atoms with Crippen LogP contribution in [0.4, 0.5) is 0 Å². The van der Waals surface area contributed by atoms with Crippen molar-refractivity contribution in [2.45, 2.75) is 32.9 Å². The average molecular weight is 399 g/mol. The monoisotopic (exact) mass is 399 g/mol. The molecule has 0 aliphatic heterocycles. The minimum atomic E-state index is -0.302. The lowest BCUT2D eigenvalue weighted by Gasteiger charge is -2.28. The van der Waals surface area contributed by atoms with E-state index < -0.39 is 0 Å². The highest BCUT2D eigenvalue weighted by Crippen LogP contribution is 2.29. The van der Waals surface area contributed by atoms with Crippen LogP contribution in [-0.2, 0) is 0 Å². The molecular formula is C24H25N5O. The zero-order chi connectivity index (χ0) is 21.3. The van der Waals surface area contributed by atoms with E-state index in [9.17, 15) is 4.79 Å². The number of benzene rings is 1. The van der Waals surface area contributed by atoms with E-state index in [2.05, 4.69) is 28.9 Å². The summed E-state index contributed by atoms with van der Waals surface area (Å²) in [6.07, 6.45) is 3.49. The molecule has 0 fully saturated rings. The molecule has 1 aromatic carbocycles. The Labute approximate surface area is 176 Å². The minimum Gasteiger partial charge on any atom is -0.329 e. The van der Waals surface area contributed by atoms with Crippen molar-refractivity contribution < 1.29 is 4.79 Å². The molecule has 0 radical (unpaired) electrons. The van der Waals surface area contributed by atoms with Gasteiger partial charge in [-0.1, -0.05) is 36.4 Å². The van der Waals surface area contributed by atoms with Crippen LogP contribution in [0.3, 0.4) is 0 Å². The van der Waals surface area contributed by atoms with Crippen LogP contribution in [0.15, 0.2) is 67.0 Å². The Bertz CT molecular complexity index is 1130.